The molecule has 0 saturated carbocycles. The van der Waals surface area contributed by atoms with Gasteiger partial charge in [0.25, 0.3) is 0 Å². The van der Waals surface area contributed by atoms with E-state index in [0.29, 0.717) is 0 Å². The highest BCUT2D eigenvalue weighted by molar-refractivity contribution is 6.32. The first-order valence-electron chi connectivity index (χ1n) is 6.37. The Labute approximate surface area is 131 Å². The second-order valence-electron chi connectivity index (χ2n) is 5.49. The molecule has 22 heavy (non-hydrogen) atoms. The molecule has 2 rings (SSSR count). The van der Waals surface area contributed by atoms with Crippen molar-refractivity contribution in [2.45, 2.75) is 26.4 Å². The van der Waals surface area contributed by atoms with Gasteiger partial charge in [-0.2, -0.15) is 4.68 Å². The van der Waals surface area contributed by atoms with Gasteiger partial charge in [0.1, 0.15) is 11.4 Å². The molecule has 2 N–H and O–H groups in total. The minimum Gasteiger partial charge on any atom is -0.442 e. The van der Waals surface area contributed by atoms with Crippen LogP contribution < -0.4 is 10.5 Å². The topological polar surface area (TPSA) is 79.4 Å². The number of hydrogen-bond acceptors (Lipinski definition) is 5. The van der Waals surface area contributed by atoms with Crippen LogP contribution in [0.1, 0.15) is 20.8 Å². The van der Waals surface area contributed by atoms with Crippen LogP contribution in [0.2, 0.25) is 5.02 Å². The van der Waals surface area contributed by atoms with E-state index in [2.05, 4.69) is 5.10 Å². The van der Waals surface area contributed by atoms with Crippen molar-refractivity contribution in [2.75, 3.05) is 5.73 Å². The highest BCUT2D eigenvalue weighted by Gasteiger charge is 2.19. The fraction of sp³-hybridized carbons (Fsp3) is 0.286. The van der Waals surface area contributed by atoms with Gasteiger partial charge in [-0.15, -0.1) is 5.10 Å². The van der Waals surface area contributed by atoms with E-state index < -0.39 is 17.5 Å². The average molecular weight is 328 g/mol. The Balaban J connectivity index is 2.16. The Hall–Kier alpha value is -2.28. The summed E-state index contributed by atoms with van der Waals surface area (Å²) in [5.41, 5.74) is 4.66. The third kappa shape index (κ3) is 3.88. The van der Waals surface area contributed by atoms with Crippen LogP contribution in [0.5, 0.6) is 11.6 Å². The molecule has 0 amide bonds. The van der Waals surface area contributed by atoms with Gasteiger partial charge in [0.05, 0.1) is 10.7 Å². The summed E-state index contributed by atoms with van der Waals surface area (Å²) >= 11 is 5.91. The molecule has 0 bridgehead atoms. The number of rotatable bonds is 2. The number of carbonyl (C=O) groups is 1. The van der Waals surface area contributed by atoms with Crippen LogP contribution in [0.3, 0.4) is 0 Å². The van der Waals surface area contributed by atoms with Gasteiger partial charge in [-0.3, -0.25) is 0 Å². The number of nitrogens with two attached hydrogens (primary N) is 1. The first-order valence-corrected chi connectivity index (χ1v) is 6.75. The highest BCUT2D eigenvalue weighted by atomic mass is 35.5. The lowest BCUT2D eigenvalue weighted by atomic mass is 10.2. The molecule has 0 unspecified atom stereocenters. The van der Waals surface area contributed by atoms with Crippen LogP contribution in [0, 0.1) is 5.82 Å². The molecule has 0 atom stereocenters. The molecule has 0 radical (unpaired) electrons. The van der Waals surface area contributed by atoms with Crippen molar-refractivity contribution in [1.82, 2.24) is 9.78 Å². The van der Waals surface area contributed by atoms with Gasteiger partial charge in [-0.1, -0.05) is 11.6 Å². The van der Waals surface area contributed by atoms with Crippen molar-refractivity contribution >= 4 is 23.4 Å². The molecule has 6 nitrogen and oxygen atoms in total. The predicted octanol–water partition coefficient (Wildman–Crippen LogP) is 3.83. The lowest BCUT2D eigenvalue weighted by molar-refractivity contribution is 0.0512. The Morgan fingerprint density at radius 2 is 2.09 bits per heavy atom. The normalized spacial score (nSPS) is 11.3. The van der Waals surface area contributed by atoms with Crippen LogP contribution in [0.25, 0.3) is 0 Å². The van der Waals surface area contributed by atoms with Crippen molar-refractivity contribution in [3.63, 3.8) is 0 Å². The second kappa shape index (κ2) is 5.84. The molecule has 0 aliphatic carbocycles. The Kier molecular flexibility index (Phi) is 4.27. The molecule has 1 aromatic carbocycles. The summed E-state index contributed by atoms with van der Waals surface area (Å²) in [6.07, 6.45) is 0.710. The highest BCUT2D eigenvalue weighted by Crippen LogP contribution is 2.32. The van der Waals surface area contributed by atoms with E-state index in [4.69, 9.17) is 26.8 Å². The van der Waals surface area contributed by atoms with Crippen molar-refractivity contribution in [1.29, 1.82) is 0 Å². The van der Waals surface area contributed by atoms with E-state index in [9.17, 15) is 9.18 Å². The summed E-state index contributed by atoms with van der Waals surface area (Å²) in [4.78, 5) is 11.8. The van der Waals surface area contributed by atoms with E-state index in [1.807, 2.05) is 0 Å². The summed E-state index contributed by atoms with van der Waals surface area (Å²) < 4.78 is 24.9. The number of aromatic nitrogens is 2. The molecule has 0 spiro atoms. The maximum atomic E-state index is 13.4. The van der Waals surface area contributed by atoms with E-state index in [1.165, 1.54) is 18.3 Å². The number of anilines is 1. The molecule has 1 heterocycles. The first-order chi connectivity index (χ1) is 10.2. The van der Waals surface area contributed by atoms with E-state index >= 15 is 0 Å². The van der Waals surface area contributed by atoms with Gasteiger partial charge in [0.15, 0.2) is 5.75 Å². The van der Waals surface area contributed by atoms with Crippen molar-refractivity contribution in [2.24, 2.45) is 0 Å². The molecule has 0 aliphatic rings. The number of benzene rings is 1. The molecule has 1 aromatic heterocycles. The summed E-state index contributed by atoms with van der Waals surface area (Å²) in [7, 11) is 0. The summed E-state index contributed by atoms with van der Waals surface area (Å²) in [5.74, 6) is -0.550. The smallest absolute Gasteiger partial charge is 0.435 e. The zero-order valence-corrected chi connectivity index (χ0v) is 13.0. The fourth-order valence-corrected chi connectivity index (χ4v) is 1.72. The lowest BCUT2D eigenvalue weighted by Gasteiger charge is -2.18. The SMILES string of the molecule is CC(C)(C)OC(=O)n1ccc(Oc2cc(F)c(N)cc2Cl)n1. The molecule has 118 valence electrons. The third-order valence-electron chi connectivity index (χ3n) is 2.41. The fourth-order valence-electron chi connectivity index (χ4n) is 1.51. The molecule has 0 fully saturated rings. The Morgan fingerprint density at radius 3 is 2.73 bits per heavy atom. The van der Waals surface area contributed by atoms with Gasteiger partial charge in [-0.05, 0) is 26.8 Å². The monoisotopic (exact) mass is 327 g/mol. The maximum Gasteiger partial charge on any atom is 0.435 e. The third-order valence-corrected chi connectivity index (χ3v) is 2.71. The molecule has 0 aliphatic heterocycles. The summed E-state index contributed by atoms with van der Waals surface area (Å²) in [5, 5.41) is 4.02. The zero-order chi connectivity index (χ0) is 16.5. The number of nitrogens with zero attached hydrogens (tertiary/aromatic N) is 2. The van der Waals surface area contributed by atoms with Crippen LogP contribution in [-0.4, -0.2) is 21.5 Å². The number of hydrogen-bond donors (Lipinski definition) is 1. The summed E-state index contributed by atoms with van der Waals surface area (Å²) in [6, 6.07) is 3.70. The van der Waals surface area contributed by atoms with Crippen molar-refractivity contribution < 1.29 is 18.7 Å². The van der Waals surface area contributed by atoms with Crippen LogP contribution >= 0.6 is 11.6 Å². The van der Waals surface area contributed by atoms with E-state index in [1.54, 1.807) is 20.8 Å². The van der Waals surface area contributed by atoms with Gasteiger partial charge >= 0.3 is 6.09 Å². The van der Waals surface area contributed by atoms with Gasteiger partial charge < -0.3 is 15.2 Å². The predicted molar refractivity (Wildman–Crippen MR) is 79.8 cm³/mol. The lowest BCUT2D eigenvalue weighted by Crippen LogP contribution is -2.27. The van der Waals surface area contributed by atoms with Crippen LogP contribution in [0.15, 0.2) is 24.4 Å². The van der Waals surface area contributed by atoms with E-state index in [-0.39, 0.29) is 22.3 Å². The van der Waals surface area contributed by atoms with E-state index in [0.717, 1.165) is 10.7 Å². The molecule has 0 saturated heterocycles. The maximum absolute atomic E-state index is 13.4. The number of nitrogen functional groups attached to an aromatic ring is 1. The largest absolute Gasteiger partial charge is 0.442 e. The standard InChI is InChI=1S/C14H15ClFN3O3/c1-14(2,3)22-13(20)19-5-4-12(18-19)21-11-7-9(16)10(17)6-8(11)15/h4-7H,17H2,1-3H3. The minimum atomic E-state index is -0.661. The zero-order valence-electron chi connectivity index (χ0n) is 12.3. The average Bonchev–Trinajstić information content (AvgIpc) is 2.82. The Morgan fingerprint density at radius 1 is 1.41 bits per heavy atom. The summed E-state index contributed by atoms with van der Waals surface area (Å²) in [6.45, 7) is 5.22. The van der Waals surface area contributed by atoms with Gasteiger partial charge in [0, 0.05) is 18.3 Å². The quantitative estimate of drug-likeness (QED) is 0.848. The molecule has 2 aromatic rings. The molecular weight excluding hydrogens is 313 g/mol. The van der Waals surface area contributed by atoms with Crippen molar-refractivity contribution in [3.05, 3.63) is 35.2 Å². The second-order valence-corrected chi connectivity index (χ2v) is 5.89. The number of halogens is 2. The number of ether oxygens (including phenoxy) is 2. The molecular formula is C14H15ClFN3O3. The molecule has 8 heteroatoms. The Bertz CT molecular complexity index is 710. The van der Waals surface area contributed by atoms with Crippen molar-refractivity contribution in [3.8, 4) is 11.6 Å². The van der Waals surface area contributed by atoms with Crippen LogP contribution in [0.4, 0.5) is 14.9 Å². The van der Waals surface area contributed by atoms with Crippen LogP contribution in [-0.2, 0) is 4.74 Å². The first kappa shape index (κ1) is 16.1. The van der Waals surface area contributed by atoms with Gasteiger partial charge in [-0.25, -0.2) is 9.18 Å². The van der Waals surface area contributed by atoms with Gasteiger partial charge in [0.2, 0.25) is 5.88 Å². The minimum absolute atomic E-state index is 0.0443. The number of carbonyl (C=O) groups excluding carboxylic acids is 1.